The van der Waals surface area contributed by atoms with Crippen molar-refractivity contribution < 1.29 is 27.9 Å². The van der Waals surface area contributed by atoms with E-state index in [1.54, 1.807) is 30.3 Å². The number of esters is 1. The Morgan fingerprint density at radius 2 is 2.16 bits per heavy atom. The first-order valence-corrected chi connectivity index (χ1v) is 11.9. The van der Waals surface area contributed by atoms with E-state index in [-0.39, 0.29) is 12.4 Å². The van der Waals surface area contributed by atoms with Gasteiger partial charge in [0.15, 0.2) is 0 Å². The monoisotopic (exact) mass is 470 g/mol. The van der Waals surface area contributed by atoms with Crippen molar-refractivity contribution in [3.8, 4) is 5.75 Å². The largest absolute Gasteiger partial charge is 0.468 e. The molecule has 0 amide bonds. The van der Waals surface area contributed by atoms with E-state index in [1.807, 2.05) is 0 Å². The molecule has 1 aromatic carbocycles. The van der Waals surface area contributed by atoms with Crippen molar-refractivity contribution in [1.29, 1.82) is 0 Å². The van der Waals surface area contributed by atoms with Gasteiger partial charge >= 0.3 is 19.4 Å². The lowest BCUT2D eigenvalue weighted by molar-refractivity contribution is -0.142. The molecule has 0 saturated carbocycles. The fourth-order valence-corrected chi connectivity index (χ4v) is 5.24. The van der Waals surface area contributed by atoms with Gasteiger partial charge in [0.1, 0.15) is 29.3 Å². The van der Waals surface area contributed by atoms with Gasteiger partial charge in [-0.25, -0.2) is 9.36 Å². The maximum Gasteiger partial charge on any atom is 0.459 e. The summed E-state index contributed by atoms with van der Waals surface area (Å²) in [6.07, 6.45) is 0.929. The number of carbonyl (C=O) groups is 1. The second-order valence-electron chi connectivity index (χ2n) is 6.47. The number of rotatable bonds is 9. The lowest BCUT2D eigenvalue weighted by Gasteiger charge is -2.23. The van der Waals surface area contributed by atoms with E-state index in [0.29, 0.717) is 11.5 Å². The zero-order valence-corrected chi connectivity index (χ0v) is 18.6. The third-order valence-corrected chi connectivity index (χ3v) is 6.89. The van der Waals surface area contributed by atoms with Gasteiger partial charge in [0.2, 0.25) is 0 Å². The van der Waals surface area contributed by atoms with Crippen LogP contribution < -0.4 is 21.0 Å². The molecule has 2 heterocycles. The summed E-state index contributed by atoms with van der Waals surface area (Å²) >= 11 is 1.37. The summed E-state index contributed by atoms with van der Waals surface area (Å²) in [6.45, 7) is 1.36. The molecule has 0 aliphatic carbocycles. The van der Waals surface area contributed by atoms with E-state index in [0.717, 1.165) is 0 Å². The minimum Gasteiger partial charge on any atom is -0.468 e. The van der Waals surface area contributed by atoms with E-state index in [1.165, 1.54) is 42.6 Å². The standard InChI is InChI=1S/C18H23N4O7PS/c1-12(17(23)26-2)21-30(25,29-13-6-4-3-5-7-13)27-10-16-28-15(11-31-16)22-9-8-14(19)20-18(22)24/h3-9,12,15-16H,10-11H2,1-2H3,(H,21,25)(H2,19,20,24)/t12?,15-,16?,30?/m0/s1. The molecular weight excluding hydrogens is 447 g/mol. The Hall–Kier alpha value is -2.37. The van der Waals surface area contributed by atoms with Crippen LogP contribution in [0, 0.1) is 0 Å². The number of benzene rings is 1. The molecule has 31 heavy (non-hydrogen) atoms. The van der Waals surface area contributed by atoms with Crippen molar-refractivity contribution in [2.75, 3.05) is 25.2 Å². The predicted octanol–water partition coefficient (Wildman–Crippen LogP) is 1.77. The van der Waals surface area contributed by atoms with Crippen LogP contribution in [0.15, 0.2) is 47.4 Å². The third kappa shape index (κ3) is 6.31. The lowest BCUT2D eigenvalue weighted by atomic mass is 10.3. The number of nitrogens with two attached hydrogens (primary N) is 1. The number of hydrogen-bond acceptors (Lipinski definition) is 10. The summed E-state index contributed by atoms with van der Waals surface area (Å²) in [5, 5.41) is 2.57. The van der Waals surface area contributed by atoms with E-state index in [2.05, 4.69) is 14.8 Å². The van der Waals surface area contributed by atoms with E-state index < -0.39 is 37.1 Å². The fraction of sp³-hybridized carbons (Fsp3) is 0.389. The molecule has 1 saturated heterocycles. The zero-order valence-electron chi connectivity index (χ0n) is 16.9. The molecule has 1 aliphatic heterocycles. The number of carbonyl (C=O) groups excluding carboxylic acids is 1. The van der Waals surface area contributed by atoms with Crippen molar-refractivity contribution in [1.82, 2.24) is 14.6 Å². The second kappa shape index (κ2) is 10.3. The first-order valence-electron chi connectivity index (χ1n) is 9.26. The first-order chi connectivity index (χ1) is 14.8. The number of nitrogen functional groups attached to an aromatic ring is 1. The Labute approximate surface area is 182 Å². The van der Waals surface area contributed by atoms with Crippen molar-refractivity contribution >= 4 is 31.3 Å². The maximum absolute atomic E-state index is 13.3. The molecule has 2 aromatic rings. The molecule has 1 aromatic heterocycles. The van der Waals surface area contributed by atoms with Gasteiger partial charge in [0, 0.05) is 11.9 Å². The highest BCUT2D eigenvalue weighted by Gasteiger charge is 2.35. The molecule has 0 bridgehead atoms. The molecule has 1 fully saturated rings. The summed E-state index contributed by atoms with van der Waals surface area (Å²) in [7, 11) is -2.74. The summed E-state index contributed by atoms with van der Waals surface area (Å²) in [6, 6.07) is 8.98. The van der Waals surface area contributed by atoms with Crippen molar-refractivity contribution in [2.24, 2.45) is 0 Å². The van der Waals surface area contributed by atoms with Crippen molar-refractivity contribution in [3.63, 3.8) is 0 Å². The van der Waals surface area contributed by atoms with Crippen LogP contribution in [-0.4, -0.2) is 46.5 Å². The van der Waals surface area contributed by atoms with Crippen LogP contribution in [0.25, 0.3) is 0 Å². The Morgan fingerprint density at radius 1 is 1.42 bits per heavy atom. The SMILES string of the molecule is COC(=O)C(C)NP(=O)(OCC1O[C@H](n2ccc(N)nc2=O)CS1)Oc1ccccc1. The van der Waals surface area contributed by atoms with Gasteiger partial charge in [-0.3, -0.25) is 13.9 Å². The van der Waals surface area contributed by atoms with Crippen LogP contribution in [0.1, 0.15) is 13.2 Å². The molecule has 168 valence electrons. The summed E-state index contributed by atoms with van der Waals surface area (Å²) in [5.74, 6) is 0.252. The second-order valence-corrected chi connectivity index (χ2v) is 9.35. The van der Waals surface area contributed by atoms with Gasteiger partial charge in [-0.15, -0.1) is 11.8 Å². The van der Waals surface area contributed by atoms with Crippen molar-refractivity contribution in [2.45, 2.75) is 24.6 Å². The Morgan fingerprint density at radius 3 is 2.84 bits per heavy atom. The van der Waals surface area contributed by atoms with Gasteiger partial charge in [0.05, 0.1) is 13.7 Å². The average molecular weight is 470 g/mol. The highest BCUT2D eigenvalue weighted by molar-refractivity contribution is 8.00. The highest BCUT2D eigenvalue weighted by atomic mass is 32.2. The minimum atomic E-state index is -3.97. The Balaban J connectivity index is 1.66. The van der Waals surface area contributed by atoms with Gasteiger partial charge in [-0.1, -0.05) is 18.2 Å². The topological polar surface area (TPSA) is 144 Å². The lowest BCUT2D eigenvalue weighted by Crippen LogP contribution is -2.35. The quantitative estimate of drug-likeness (QED) is 0.409. The van der Waals surface area contributed by atoms with Crippen LogP contribution in [0.5, 0.6) is 5.75 Å². The normalized spacial score (nSPS) is 21.2. The number of thioether (sulfide) groups is 1. The van der Waals surface area contributed by atoms with E-state index in [4.69, 9.17) is 19.5 Å². The molecule has 0 radical (unpaired) electrons. The molecule has 1 aliphatic rings. The first kappa shape index (κ1) is 23.3. The number of para-hydroxylation sites is 1. The van der Waals surface area contributed by atoms with Crippen LogP contribution in [-0.2, 0) is 23.4 Å². The summed E-state index contributed by atoms with van der Waals surface area (Å²) in [5.41, 5.74) is 4.45. The third-order valence-electron chi connectivity index (χ3n) is 4.15. The summed E-state index contributed by atoms with van der Waals surface area (Å²) in [4.78, 5) is 27.4. The number of hydrogen-bond donors (Lipinski definition) is 2. The molecule has 3 rings (SSSR count). The Bertz CT molecular complexity index is 1010. The Kier molecular flexibility index (Phi) is 7.74. The number of nitrogens with one attached hydrogen (secondary N) is 1. The molecule has 4 atom stereocenters. The minimum absolute atomic E-state index is 0.122. The number of methoxy groups -OCH3 is 1. The molecular formula is C18H23N4O7PS. The number of nitrogens with zero attached hydrogens (tertiary/aromatic N) is 2. The van der Waals surface area contributed by atoms with E-state index in [9.17, 15) is 14.2 Å². The van der Waals surface area contributed by atoms with Crippen LogP contribution >= 0.6 is 19.5 Å². The van der Waals surface area contributed by atoms with Crippen LogP contribution in [0.4, 0.5) is 5.82 Å². The number of anilines is 1. The average Bonchev–Trinajstić information content (AvgIpc) is 3.21. The number of aromatic nitrogens is 2. The fourth-order valence-electron chi connectivity index (χ4n) is 2.66. The molecule has 11 nitrogen and oxygen atoms in total. The smallest absolute Gasteiger partial charge is 0.459 e. The molecule has 0 spiro atoms. The van der Waals surface area contributed by atoms with Crippen molar-refractivity contribution in [3.05, 3.63) is 53.1 Å². The maximum atomic E-state index is 13.3. The molecule has 3 N–H and O–H groups in total. The number of ether oxygens (including phenoxy) is 2. The van der Waals surface area contributed by atoms with Gasteiger partial charge in [-0.05, 0) is 25.1 Å². The van der Waals surface area contributed by atoms with E-state index >= 15 is 0 Å². The van der Waals surface area contributed by atoms with Gasteiger partial charge in [-0.2, -0.15) is 10.1 Å². The zero-order chi connectivity index (χ0) is 22.4. The highest BCUT2D eigenvalue weighted by Crippen LogP contribution is 2.46. The van der Waals surface area contributed by atoms with Crippen LogP contribution in [0.3, 0.4) is 0 Å². The summed E-state index contributed by atoms with van der Waals surface area (Å²) < 4.78 is 36.2. The predicted molar refractivity (Wildman–Crippen MR) is 115 cm³/mol. The molecule has 3 unspecified atom stereocenters. The van der Waals surface area contributed by atoms with Crippen LogP contribution in [0.2, 0.25) is 0 Å². The van der Waals surface area contributed by atoms with Gasteiger partial charge in [0.25, 0.3) is 0 Å². The molecule has 13 heteroatoms. The van der Waals surface area contributed by atoms with Gasteiger partial charge < -0.3 is 19.7 Å².